The van der Waals surface area contributed by atoms with Crippen LogP contribution < -0.4 is 5.32 Å². The van der Waals surface area contributed by atoms with Crippen LogP contribution in [0.25, 0.3) is 11.0 Å². The Kier molecular flexibility index (Phi) is 6.17. The molecule has 0 bridgehead atoms. The number of furan rings is 1. The number of rotatable bonds is 6. The largest absolute Gasteiger partial charge is 0.444 e. The molecule has 2 aromatic rings. The lowest BCUT2D eigenvalue weighted by molar-refractivity contribution is 0.0852. The van der Waals surface area contributed by atoms with Crippen LogP contribution in [0.4, 0.5) is 5.82 Å². The molecule has 3 rings (SSSR count). The maximum Gasteiger partial charge on any atom is 0.204 e. The van der Waals surface area contributed by atoms with Crippen LogP contribution in [0, 0.1) is 11.3 Å². The molecule has 140 valence electrons. The van der Waals surface area contributed by atoms with E-state index in [1.54, 1.807) is 12.3 Å². The lowest BCUT2D eigenvalue weighted by Gasteiger charge is -2.37. The number of pyridine rings is 1. The fourth-order valence-corrected chi connectivity index (χ4v) is 4.32. The van der Waals surface area contributed by atoms with E-state index in [0.717, 1.165) is 54.4 Å². The molecule has 1 atom stereocenters. The zero-order valence-electron chi connectivity index (χ0n) is 15.2. The zero-order valence-corrected chi connectivity index (χ0v) is 16.8. The molecule has 0 aromatic carbocycles. The minimum Gasteiger partial charge on any atom is -0.444 e. The molecule has 0 spiro atoms. The zero-order chi connectivity index (χ0) is 18.7. The van der Waals surface area contributed by atoms with Crippen molar-refractivity contribution in [2.24, 2.45) is 0 Å². The van der Waals surface area contributed by atoms with E-state index in [9.17, 15) is 5.11 Å². The summed E-state index contributed by atoms with van der Waals surface area (Å²) in [5.74, 6) is 1.08. The fraction of sp³-hybridized carbons (Fsp3) is 0.579. The highest BCUT2D eigenvalue weighted by Gasteiger charge is 2.26. The smallest absolute Gasteiger partial charge is 0.204 e. The maximum absolute atomic E-state index is 9.67. The van der Waals surface area contributed by atoms with Gasteiger partial charge in [-0.05, 0) is 55.1 Å². The maximum atomic E-state index is 9.67. The molecule has 7 heteroatoms. The van der Waals surface area contributed by atoms with E-state index in [0.29, 0.717) is 17.7 Å². The second-order valence-corrected chi connectivity index (χ2v) is 7.80. The molecule has 6 nitrogen and oxygen atoms in total. The van der Waals surface area contributed by atoms with E-state index in [-0.39, 0.29) is 11.9 Å². The van der Waals surface area contributed by atoms with E-state index < -0.39 is 0 Å². The van der Waals surface area contributed by atoms with Gasteiger partial charge in [-0.2, -0.15) is 5.26 Å². The first-order chi connectivity index (χ1) is 12.5. The van der Waals surface area contributed by atoms with Crippen LogP contribution in [0.15, 0.2) is 21.2 Å². The number of aliphatic hydroxyl groups is 1. The second-order valence-electron chi connectivity index (χ2n) is 7.01. The summed E-state index contributed by atoms with van der Waals surface area (Å²) in [4.78, 5) is 6.84. The average molecular weight is 421 g/mol. The van der Waals surface area contributed by atoms with Crippen molar-refractivity contribution in [3.63, 3.8) is 0 Å². The standard InChI is InChI=1S/C19H25BrN4O2/c1-3-24(11-12(2)25)14-6-4-13(5-7-14)23-19-18(20)16-8-15(9-21)26-17(16)10-22-19/h8,10,12-14,25H,3-7,11H2,1-2H3,(H,22,23). The Balaban J connectivity index is 1.63. The SMILES string of the molecule is CCN(CC(C)O)C1CCC(Nc2ncc3oc(C#N)cc3c2Br)CC1. The molecule has 0 radical (unpaired) electrons. The van der Waals surface area contributed by atoms with Crippen molar-refractivity contribution in [2.45, 2.75) is 57.7 Å². The number of nitrogens with zero attached hydrogens (tertiary/aromatic N) is 3. The lowest BCUT2D eigenvalue weighted by atomic mass is 9.90. The van der Waals surface area contributed by atoms with Gasteiger partial charge in [0.25, 0.3) is 0 Å². The van der Waals surface area contributed by atoms with Gasteiger partial charge in [0, 0.05) is 30.1 Å². The van der Waals surface area contributed by atoms with Gasteiger partial charge in [-0.25, -0.2) is 4.98 Å². The predicted octanol–water partition coefficient (Wildman–Crippen LogP) is 3.89. The van der Waals surface area contributed by atoms with Gasteiger partial charge in [-0.15, -0.1) is 0 Å². The third-order valence-corrected chi connectivity index (χ3v) is 5.89. The summed E-state index contributed by atoms with van der Waals surface area (Å²) < 4.78 is 6.26. The Hall–Kier alpha value is -1.62. The van der Waals surface area contributed by atoms with Gasteiger partial charge in [0.15, 0.2) is 5.58 Å². The van der Waals surface area contributed by atoms with E-state index in [1.165, 1.54) is 0 Å². The van der Waals surface area contributed by atoms with Crippen LogP contribution in [-0.2, 0) is 0 Å². The normalized spacial score (nSPS) is 21.7. The Morgan fingerprint density at radius 3 is 2.81 bits per heavy atom. The summed E-state index contributed by atoms with van der Waals surface area (Å²) >= 11 is 3.59. The van der Waals surface area contributed by atoms with Gasteiger partial charge in [0.2, 0.25) is 5.76 Å². The number of hydrogen-bond donors (Lipinski definition) is 2. The van der Waals surface area contributed by atoms with Gasteiger partial charge < -0.3 is 14.8 Å². The molecule has 1 fully saturated rings. The molecular weight excluding hydrogens is 396 g/mol. The highest BCUT2D eigenvalue weighted by molar-refractivity contribution is 9.10. The second kappa shape index (κ2) is 8.38. The number of likely N-dealkylation sites (N-methyl/N-ethyl adjacent to an activating group) is 1. The van der Waals surface area contributed by atoms with Crippen LogP contribution in [0.5, 0.6) is 0 Å². The molecule has 0 saturated heterocycles. The van der Waals surface area contributed by atoms with Crippen molar-refractivity contribution in [3.05, 3.63) is 22.5 Å². The first-order valence-electron chi connectivity index (χ1n) is 9.18. The van der Waals surface area contributed by atoms with Crippen molar-refractivity contribution in [2.75, 3.05) is 18.4 Å². The van der Waals surface area contributed by atoms with Crippen LogP contribution in [0.2, 0.25) is 0 Å². The number of nitriles is 1. The monoisotopic (exact) mass is 420 g/mol. The quantitative estimate of drug-likeness (QED) is 0.736. The molecule has 0 amide bonds. The number of aliphatic hydroxyl groups excluding tert-OH is 1. The van der Waals surface area contributed by atoms with Crippen molar-refractivity contribution >= 4 is 32.7 Å². The van der Waals surface area contributed by atoms with Crippen LogP contribution in [0.1, 0.15) is 45.3 Å². The molecule has 2 N–H and O–H groups in total. The Morgan fingerprint density at radius 2 is 2.19 bits per heavy atom. The molecule has 1 aliphatic rings. The molecule has 0 aliphatic heterocycles. The molecule has 1 aliphatic carbocycles. The minimum atomic E-state index is -0.286. The highest BCUT2D eigenvalue weighted by atomic mass is 79.9. The molecule has 2 aromatic heterocycles. The average Bonchev–Trinajstić information content (AvgIpc) is 3.07. The van der Waals surface area contributed by atoms with Crippen molar-refractivity contribution < 1.29 is 9.52 Å². The highest BCUT2D eigenvalue weighted by Crippen LogP contribution is 2.33. The van der Waals surface area contributed by atoms with Gasteiger partial charge in [-0.1, -0.05) is 6.92 Å². The van der Waals surface area contributed by atoms with E-state index in [1.807, 2.05) is 13.0 Å². The number of halogens is 1. The third-order valence-electron chi connectivity index (χ3n) is 5.09. The number of anilines is 1. The van der Waals surface area contributed by atoms with Crippen LogP contribution >= 0.6 is 15.9 Å². The summed E-state index contributed by atoms with van der Waals surface area (Å²) in [5, 5.41) is 23.1. The Labute approximate surface area is 162 Å². The van der Waals surface area contributed by atoms with Gasteiger partial charge >= 0.3 is 0 Å². The molecular formula is C19H25BrN4O2. The summed E-state index contributed by atoms with van der Waals surface area (Å²) in [6.45, 7) is 5.72. The minimum absolute atomic E-state index is 0.286. The molecule has 2 heterocycles. The summed E-state index contributed by atoms with van der Waals surface area (Å²) in [5.41, 5.74) is 0.611. The number of aromatic nitrogens is 1. The Morgan fingerprint density at radius 1 is 1.46 bits per heavy atom. The summed E-state index contributed by atoms with van der Waals surface area (Å²) in [6, 6.07) is 4.67. The fourth-order valence-electron chi connectivity index (χ4n) is 3.79. The molecule has 1 saturated carbocycles. The Bertz CT molecular complexity index is 791. The number of nitrogens with one attached hydrogen (secondary N) is 1. The third kappa shape index (κ3) is 4.20. The number of fused-ring (bicyclic) bond motifs is 1. The summed E-state index contributed by atoms with van der Waals surface area (Å²) in [6.07, 6.45) is 5.75. The molecule has 1 unspecified atom stereocenters. The van der Waals surface area contributed by atoms with Crippen LogP contribution in [-0.4, -0.2) is 46.3 Å². The predicted molar refractivity (Wildman–Crippen MR) is 105 cm³/mol. The molecule has 26 heavy (non-hydrogen) atoms. The number of hydrogen-bond acceptors (Lipinski definition) is 6. The van der Waals surface area contributed by atoms with Gasteiger partial charge in [-0.3, -0.25) is 4.90 Å². The van der Waals surface area contributed by atoms with Gasteiger partial charge in [0.1, 0.15) is 11.9 Å². The van der Waals surface area contributed by atoms with E-state index in [2.05, 4.69) is 38.1 Å². The topological polar surface area (TPSA) is 85.3 Å². The first kappa shape index (κ1) is 19.2. The van der Waals surface area contributed by atoms with Crippen molar-refractivity contribution in [1.29, 1.82) is 5.26 Å². The van der Waals surface area contributed by atoms with Crippen molar-refractivity contribution in [1.82, 2.24) is 9.88 Å². The lowest BCUT2D eigenvalue weighted by Crippen LogP contribution is -2.43. The summed E-state index contributed by atoms with van der Waals surface area (Å²) in [7, 11) is 0. The van der Waals surface area contributed by atoms with Crippen molar-refractivity contribution in [3.8, 4) is 6.07 Å². The van der Waals surface area contributed by atoms with E-state index in [4.69, 9.17) is 9.68 Å². The van der Waals surface area contributed by atoms with E-state index >= 15 is 0 Å². The first-order valence-corrected chi connectivity index (χ1v) is 9.97. The van der Waals surface area contributed by atoms with Gasteiger partial charge in [0.05, 0.1) is 16.8 Å². The van der Waals surface area contributed by atoms with Crippen LogP contribution in [0.3, 0.4) is 0 Å².